The summed E-state index contributed by atoms with van der Waals surface area (Å²) in [5.41, 5.74) is 5.44. The smallest absolute Gasteiger partial charge is 0.0638 e. The van der Waals surface area contributed by atoms with Crippen LogP contribution in [0.2, 0.25) is 0 Å². The molecule has 0 amide bonds. The Labute approximate surface area is 149 Å². The Kier molecular flexibility index (Phi) is 5.77. The minimum absolute atomic E-state index is 0.279. The Morgan fingerprint density at radius 1 is 1.12 bits per heavy atom. The molecule has 0 aromatic heterocycles. The SMILES string of the molecule is C[C@H](O)CN(C)CC/C=C1\c2ccccc2CSc2ccccc21. The molecule has 2 nitrogen and oxygen atoms in total. The molecule has 0 spiro atoms. The van der Waals surface area contributed by atoms with Crippen LogP contribution in [0.15, 0.2) is 59.5 Å². The van der Waals surface area contributed by atoms with Crippen LogP contribution in [-0.2, 0) is 5.75 Å². The first-order chi connectivity index (χ1) is 11.6. The number of thioether (sulfide) groups is 1. The molecule has 0 saturated heterocycles. The van der Waals surface area contributed by atoms with E-state index in [0.29, 0.717) is 6.54 Å². The maximum absolute atomic E-state index is 9.51. The van der Waals surface area contributed by atoms with Crippen LogP contribution in [0.4, 0.5) is 0 Å². The average Bonchev–Trinajstić information content (AvgIpc) is 2.72. The van der Waals surface area contributed by atoms with E-state index in [4.69, 9.17) is 0 Å². The van der Waals surface area contributed by atoms with E-state index >= 15 is 0 Å². The second kappa shape index (κ2) is 8.02. The van der Waals surface area contributed by atoms with Crippen molar-refractivity contribution in [2.24, 2.45) is 0 Å². The van der Waals surface area contributed by atoms with Crippen molar-refractivity contribution in [2.45, 2.75) is 30.1 Å². The largest absolute Gasteiger partial charge is 0.392 e. The summed E-state index contributed by atoms with van der Waals surface area (Å²) in [5.74, 6) is 1.02. The zero-order valence-corrected chi connectivity index (χ0v) is 15.2. The molecule has 0 bridgehead atoms. The first kappa shape index (κ1) is 17.3. The van der Waals surface area contributed by atoms with Crippen molar-refractivity contribution in [1.29, 1.82) is 0 Å². The number of fused-ring (bicyclic) bond motifs is 2. The van der Waals surface area contributed by atoms with Gasteiger partial charge in [-0.05, 0) is 48.7 Å². The molecule has 1 atom stereocenters. The Bertz CT molecular complexity index is 674. The van der Waals surface area contributed by atoms with E-state index in [9.17, 15) is 5.11 Å². The van der Waals surface area contributed by atoms with E-state index in [1.165, 1.54) is 27.2 Å². The molecule has 0 saturated carbocycles. The van der Waals surface area contributed by atoms with Crippen molar-refractivity contribution in [3.63, 3.8) is 0 Å². The van der Waals surface area contributed by atoms with Crippen molar-refractivity contribution in [2.75, 3.05) is 20.1 Å². The molecule has 1 N–H and O–H groups in total. The first-order valence-corrected chi connectivity index (χ1v) is 9.51. The van der Waals surface area contributed by atoms with Crippen LogP contribution in [-0.4, -0.2) is 36.2 Å². The minimum atomic E-state index is -0.279. The monoisotopic (exact) mass is 339 g/mol. The van der Waals surface area contributed by atoms with E-state index in [1.54, 1.807) is 0 Å². The number of likely N-dealkylation sites (N-methyl/N-ethyl adjacent to an activating group) is 1. The van der Waals surface area contributed by atoms with Gasteiger partial charge in [0.2, 0.25) is 0 Å². The quantitative estimate of drug-likeness (QED) is 0.872. The molecule has 1 aliphatic heterocycles. The third-order valence-corrected chi connectivity index (χ3v) is 5.43. The summed E-state index contributed by atoms with van der Waals surface area (Å²) in [6.45, 7) is 3.50. The van der Waals surface area contributed by atoms with E-state index in [-0.39, 0.29) is 6.10 Å². The molecular weight excluding hydrogens is 314 g/mol. The topological polar surface area (TPSA) is 23.5 Å². The maximum Gasteiger partial charge on any atom is 0.0638 e. The molecule has 126 valence electrons. The normalized spacial score (nSPS) is 16.6. The van der Waals surface area contributed by atoms with Gasteiger partial charge in [-0.15, -0.1) is 11.8 Å². The zero-order valence-electron chi connectivity index (χ0n) is 14.4. The Hall–Kier alpha value is -1.55. The molecule has 0 radical (unpaired) electrons. The molecule has 0 fully saturated rings. The lowest BCUT2D eigenvalue weighted by Gasteiger charge is -2.18. The molecule has 2 aromatic carbocycles. The van der Waals surface area contributed by atoms with Gasteiger partial charge in [-0.25, -0.2) is 0 Å². The zero-order chi connectivity index (χ0) is 16.9. The highest BCUT2D eigenvalue weighted by Crippen LogP contribution is 2.39. The van der Waals surface area contributed by atoms with Gasteiger partial charge in [0.1, 0.15) is 0 Å². The highest BCUT2D eigenvalue weighted by molar-refractivity contribution is 7.98. The fraction of sp³-hybridized carbons (Fsp3) is 0.333. The van der Waals surface area contributed by atoms with Crippen LogP contribution in [0.5, 0.6) is 0 Å². The molecule has 1 aliphatic rings. The third-order valence-electron chi connectivity index (χ3n) is 4.30. The summed E-state index contributed by atoms with van der Waals surface area (Å²) < 4.78 is 0. The van der Waals surface area contributed by atoms with E-state index in [0.717, 1.165) is 18.7 Å². The van der Waals surface area contributed by atoms with E-state index in [2.05, 4.69) is 66.6 Å². The van der Waals surface area contributed by atoms with Gasteiger partial charge in [-0.1, -0.05) is 48.5 Å². The van der Waals surface area contributed by atoms with Crippen LogP contribution in [0.25, 0.3) is 5.57 Å². The third kappa shape index (κ3) is 4.10. The summed E-state index contributed by atoms with van der Waals surface area (Å²) in [5, 5.41) is 9.51. The molecule has 0 unspecified atom stereocenters. The number of hydrogen-bond acceptors (Lipinski definition) is 3. The van der Waals surface area contributed by atoms with Gasteiger partial charge in [-0.2, -0.15) is 0 Å². The highest BCUT2D eigenvalue weighted by atomic mass is 32.2. The minimum Gasteiger partial charge on any atom is -0.392 e. The van der Waals surface area contributed by atoms with Gasteiger partial charge in [-0.3, -0.25) is 0 Å². The lowest BCUT2D eigenvalue weighted by atomic mass is 9.93. The van der Waals surface area contributed by atoms with E-state index < -0.39 is 0 Å². The van der Waals surface area contributed by atoms with Crippen LogP contribution in [0.1, 0.15) is 30.0 Å². The number of aliphatic hydroxyl groups is 1. The molecule has 24 heavy (non-hydrogen) atoms. The van der Waals surface area contributed by atoms with Gasteiger partial charge < -0.3 is 10.0 Å². The lowest BCUT2D eigenvalue weighted by molar-refractivity contribution is 0.142. The van der Waals surface area contributed by atoms with Crippen LogP contribution in [0.3, 0.4) is 0 Å². The maximum atomic E-state index is 9.51. The van der Waals surface area contributed by atoms with Crippen LogP contribution in [0, 0.1) is 0 Å². The Morgan fingerprint density at radius 3 is 2.62 bits per heavy atom. The predicted octanol–water partition coefficient (Wildman–Crippen LogP) is 4.43. The standard InChI is InChI=1S/C21H25NOS/c1-16(23)14-22(2)13-7-11-19-18-9-4-3-8-17(18)15-24-21-12-6-5-10-20(19)21/h3-6,8-12,16,23H,7,13-15H2,1-2H3/b19-11+/t16-/m0/s1. The van der Waals surface area contributed by atoms with E-state index in [1.807, 2.05) is 18.7 Å². The summed E-state index contributed by atoms with van der Waals surface area (Å²) in [6.07, 6.45) is 3.06. The van der Waals surface area contributed by atoms with Crippen molar-refractivity contribution in [1.82, 2.24) is 4.90 Å². The highest BCUT2D eigenvalue weighted by Gasteiger charge is 2.17. The van der Waals surface area contributed by atoms with Crippen LogP contribution >= 0.6 is 11.8 Å². The van der Waals surface area contributed by atoms with Crippen LogP contribution < -0.4 is 0 Å². The van der Waals surface area contributed by atoms with Gasteiger partial charge in [0.25, 0.3) is 0 Å². The molecule has 2 aromatic rings. The van der Waals surface area contributed by atoms with Crippen molar-refractivity contribution >= 4 is 17.3 Å². The fourth-order valence-electron chi connectivity index (χ4n) is 3.22. The molecule has 3 rings (SSSR count). The first-order valence-electron chi connectivity index (χ1n) is 8.52. The number of hydrogen-bond donors (Lipinski definition) is 1. The Morgan fingerprint density at radius 2 is 1.83 bits per heavy atom. The second-order valence-corrected chi connectivity index (χ2v) is 7.48. The lowest BCUT2D eigenvalue weighted by Crippen LogP contribution is -2.27. The predicted molar refractivity (Wildman–Crippen MR) is 103 cm³/mol. The molecule has 1 heterocycles. The van der Waals surface area contributed by atoms with Gasteiger partial charge in [0.15, 0.2) is 0 Å². The number of rotatable bonds is 5. The van der Waals surface area contributed by atoms with Gasteiger partial charge >= 0.3 is 0 Å². The number of benzene rings is 2. The fourth-order valence-corrected chi connectivity index (χ4v) is 4.29. The average molecular weight is 340 g/mol. The number of nitrogens with zero attached hydrogens (tertiary/aromatic N) is 1. The van der Waals surface area contributed by atoms with Gasteiger partial charge in [0.05, 0.1) is 6.10 Å². The summed E-state index contributed by atoms with van der Waals surface area (Å²) in [7, 11) is 2.07. The summed E-state index contributed by atoms with van der Waals surface area (Å²) in [4.78, 5) is 3.54. The Balaban J connectivity index is 1.89. The van der Waals surface area contributed by atoms with Crippen molar-refractivity contribution in [3.8, 4) is 0 Å². The molecular formula is C21H25NOS. The van der Waals surface area contributed by atoms with Gasteiger partial charge in [0, 0.05) is 23.7 Å². The van der Waals surface area contributed by atoms with Crippen molar-refractivity contribution < 1.29 is 5.11 Å². The molecule has 3 heteroatoms. The summed E-state index contributed by atoms with van der Waals surface area (Å²) >= 11 is 1.92. The summed E-state index contributed by atoms with van der Waals surface area (Å²) in [6, 6.07) is 17.4. The van der Waals surface area contributed by atoms with Crippen molar-refractivity contribution in [3.05, 3.63) is 71.3 Å². The second-order valence-electron chi connectivity index (χ2n) is 6.46. The number of aliphatic hydroxyl groups excluding tert-OH is 1. The molecule has 0 aliphatic carbocycles.